The molecule has 0 heterocycles. The van der Waals surface area contributed by atoms with Gasteiger partial charge in [-0.05, 0) is 33.1 Å². The van der Waals surface area contributed by atoms with Gasteiger partial charge in [0.05, 0.1) is 19.6 Å². The molecule has 0 aromatic heterocycles. The van der Waals surface area contributed by atoms with Crippen LogP contribution in [0.2, 0.25) is 0 Å². The van der Waals surface area contributed by atoms with Crippen LogP contribution in [0.1, 0.15) is 65.2 Å². The minimum atomic E-state index is -0.689. The molecule has 1 aliphatic carbocycles. The average molecular weight is 427 g/mol. The summed E-state index contributed by atoms with van der Waals surface area (Å²) in [4.78, 5) is 56.1. The number of carbonyl (C=O) groups excluding carboxylic acids is 4. The van der Waals surface area contributed by atoms with Crippen molar-refractivity contribution in [1.29, 1.82) is 0 Å². The van der Waals surface area contributed by atoms with Crippen molar-refractivity contribution in [1.82, 2.24) is 5.32 Å². The maximum atomic E-state index is 12.3. The highest BCUT2D eigenvalue weighted by molar-refractivity contribution is 5.88. The topological polar surface area (TPSA) is 117 Å². The van der Waals surface area contributed by atoms with Crippen LogP contribution in [0.15, 0.2) is 11.8 Å². The molecule has 1 saturated carbocycles. The van der Waals surface area contributed by atoms with Crippen LogP contribution >= 0.6 is 0 Å². The Morgan fingerprint density at radius 1 is 0.933 bits per heavy atom. The fourth-order valence-corrected chi connectivity index (χ4v) is 3.11. The number of carbonyl (C=O) groups is 4. The summed E-state index contributed by atoms with van der Waals surface area (Å²) in [7, 11) is 0. The van der Waals surface area contributed by atoms with E-state index < -0.39 is 24.5 Å². The summed E-state index contributed by atoms with van der Waals surface area (Å²) in [6.07, 6.45) is 7.26. The summed E-state index contributed by atoms with van der Waals surface area (Å²) in [6, 6.07) is 0. The molecule has 30 heavy (non-hydrogen) atoms. The molecule has 0 atom stereocenters. The maximum absolute atomic E-state index is 12.3. The molecular weight excluding hydrogens is 394 g/mol. The Morgan fingerprint density at radius 3 is 2.30 bits per heavy atom. The number of ether oxygens (including phenoxy) is 2. The average Bonchev–Trinajstić information content (AvgIpc) is 2.73. The second-order valence-corrected chi connectivity index (χ2v) is 6.88. The van der Waals surface area contributed by atoms with Crippen LogP contribution in [0.5, 0.6) is 0 Å². The summed E-state index contributed by atoms with van der Waals surface area (Å²) in [5.41, 5.74) is 0.202. The SMILES string of the molecule is CCOC(=O)COOC(=O)CC/C=C(\NCCC(=O)C1CCCCC1)C(=O)OCC. The first-order chi connectivity index (χ1) is 14.5. The van der Waals surface area contributed by atoms with E-state index in [9.17, 15) is 19.2 Å². The van der Waals surface area contributed by atoms with Crippen LogP contribution in [-0.4, -0.2) is 50.1 Å². The minimum Gasteiger partial charge on any atom is -0.464 e. The van der Waals surface area contributed by atoms with Gasteiger partial charge in [-0.3, -0.25) is 9.68 Å². The van der Waals surface area contributed by atoms with Crippen molar-refractivity contribution in [2.24, 2.45) is 5.92 Å². The van der Waals surface area contributed by atoms with Crippen LogP contribution in [0.25, 0.3) is 0 Å². The van der Waals surface area contributed by atoms with Gasteiger partial charge in [0, 0.05) is 18.9 Å². The van der Waals surface area contributed by atoms with Gasteiger partial charge >= 0.3 is 17.9 Å². The molecule has 0 aliphatic heterocycles. The largest absolute Gasteiger partial charge is 0.464 e. The highest BCUT2D eigenvalue weighted by Gasteiger charge is 2.21. The molecule has 170 valence electrons. The number of hydrogen-bond acceptors (Lipinski definition) is 9. The van der Waals surface area contributed by atoms with Gasteiger partial charge in [-0.2, -0.15) is 4.89 Å². The molecule has 0 unspecified atom stereocenters. The molecule has 0 aromatic carbocycles. The third-order valence-electron chi connectivity index (χ3n) is 4.57. The van der Waals surface area contributed by atoms with Gasteiger partial charge in [-0.25, -0.2) is 14.4 Å². The van der Waals surface area contributed by atoms with Crippen molar-refractivity contribution < 1.29 is 38.4 Å². The van der Waals surface area contributed by atoms with Crippen LogP contribution in [0.3, 0.4) is 0 Å². The van der Waals surface area contributed by atoms with Gasteiger partial charge in [0.25, 0.3) is 0 Å². The van der Waals surface area contributed by atoms with E-state index in [-0.39, 0.29) is 43.5 Å². The molecule has 0 spiro atoms. The molecule has 0 aromatic rings. The Balaban J connectivity index is 2.39. The second kappa shape index (κ2) is 15.4. The molecule has 9 heteroatoms. The Labute approximate surface area is 177 Å². The van der Waals surface area contributed by atoms with E-state index in [1.54, 1.807) is 13.8 Å². The predicted octanol–water partition coefficient (Wildman–Crippen LogP) is 2.38. The quantitative estimate of drug-likeness (QED) is 0.193. The summed E-state index contributed by atoms with van der Waals surface area (Å²) in [6.45, 7) is 3.60. The number of rotatable bonds is 14. The van der Waals surface area contributed by atoms with Crippen molar-refractivity contribution in [3.05, 3.63) is 11.8 Å². The van der Waals surface area contributed by atoms with Crippen molar-refractivity contribution in [2.75, 3.05) is 26.4 Å². The fraction of sp³-hybridized carbons (Fsp3) is 0.714. The number of allylic oxidation sites excluding steroid dienone is 1. The third-order valence-corrected chi connectivity index (χ3v) is 4.57. The van der Waals surface area contributed by atoms with Crippen LogP contribution in [-0.2, 0) is 38.4 Å². The van der Waals surface area contributed by atoms with E-state index in [1.165, 1.54) is 12.5 Å². The lowest BCUT2D eigenvalue weighted by Gasteiger charge is -2.20. The van der Waals surface area contributed by atoms with E-state index in [1.807, 2.05) is 0 Å². The summed E-state index contributed by atoms with van der Waals surface area (Å²) < 4.78 is 9.63. The lowest BCUT2D eigenvalue weighted by molar-refractivity contribution is -0.271. The fourth-order valence-electron chi connectivity index (χ4n) is 3.11. The van der Waals surface area contributed by atoms with Gasteiger partial charge in [0.2, 0.25) is 0 Å². The minimum absolute atomic E-state index is 0.0611. The molecule has 1 fully saturated rings. The number of esters is 2. The Kier molecular flexibility index (Phi) is 13.2. The predicted molar refractivity (Wildman–Crippen MR) is 107 cm³/mol. The van der Waals surface area contributed by atoms with Crippen LogP contribution < -0.4 is 5.32 Å². The molecule has 0 amide bonds. The van der Waals surface area contributed by atoms with E-state index in [4.69, 9.17) is 4.74 Å². The smallest absolute Gasteiger partial charge is 0.354 e. The van der Waals surface area contributed by atoms with Gasteiger partial charge in [-0.15, -0.1) is 0 Å². The van der Waals surface area contributed by atoms with Crippen LogP contribution in [0, 0.1) is 5.92 Å². The molecule has 1 N–H and O–H groups in total. The van der Waals surface area contributed by atoms with Crippen molar-refractivity contribution >= 4 is 23.7 Å². The molecule has 0 saturated heterocycles. The Bertz CT molecular complexity index is 596. The van der Waals surface area contributed by atoms with Crippen LogP contribution in [0.4, 0.5) is 0 Å². The van der Waals surface area contributed by atoms with Gasteiger partial charge in [0.1, 0.15) is 11.5 Å². The zero-order chi connectivity index (χ0) is 22.2. The maximum Gasteiger partial charge on any atom is 0.354 e. The highest BCUT2D eigenvalue weighted by atomic mass is 17.2. The van der Waals surface area contributed by atoms with Crippen molar-refractivity contribution in [3.8, 4) is 0 Å². The van der Waals surface area contributed by atoms with E-state index in [0.29, 0.717) is 13.0 Å². The highest BCUT2D eigenvalue weighted by Crippen LogP contribution is 2.25. The zero-order valence-corrected chi connectivity index (χ0v) is 17.9. The first-order valence-corrected chi connectivity index (χ1v) is 10.6. The van der Waals surface area contributed by atoms with E-state index in [0.717, 1.165) is 25.7 Å². The lowest BCUT2D eigenvalue weighted by Crippen LogP contribution is -2.27. The van der Waals surface area contributed by atoms with E-state index >= 15 is 0 Å². The molecule has 9 nitrogen and oxygen atoms in total. The number of hydrogen-bond donors (Lipinski definition) is 1. The number of ketones is 1. The Morgan fingerprint density at radius 2 is 1.63 bits per heavy atom. The molecule has 1 aliphatic rings. The zero-order valence-electron chi connectivity index (χ0n) is 17.9. The number of Topliss-reactive ketones (excluding diaryl/α,β-unsaturated/α-hetero) is 1. The normalized spacial score (nSPS) is 14.7. The Hall–Kier alpha value is -2.42. The third kappa shape index (κ3) is 10.9. The van der Waals surface area contributed by atoms with Gasteiger partial charge in [0.15, 0.2) is 6.61 Å². The van der Waals surface area contributed by atoms with E-state index in [2.05, 4.69) is 19.8 Å². The summed E-state index contributed by atoms with van der Waals surface area (Å²) >= 11 is 0. The molecule has 0 bridgehead atoms. The standard InChI is InChI=1S/C21H33NO8/c1-3-27-20(25)15-29-30-19(24)12-8-11-17(21(26)28-4-2)22-14-13-18(23)16-9-6-5-7-10-16/h11,16,22H,3-10,12-15H2,1-2H3/b17-11-. The second-order valence-electron chi connectivity index (χ2n) is 6.88. The monoisotopic (exact) mass is 427 g/mol. The first kappa shape index (κ1) is 25.6. The molecular formula is C21H33NO8. The van der Waals surface area contributed by atoms with Crippen molar-refractivity contribution in [3.63, 3.8) is 0 Å². The van der Waals surface area contributed by atoms with Gasteiger partial charge in [-0.1, -0.05) is 25.3 Å². The van der Waals surface area contributed by atoms with Crippen molar-refractivity contribution in [2.45, 2.75) is 65.2 Å². The lowest BCUT2D eigenvalue weighted by atomic mass is 9.85. The first-order valence-electron chi connectivity index (χ1n) is 10.6. The molecule has 0 radical (unpaired) electrons. The summed E-state index contributed by atoms with van der Waals surface area (Å²) in [5.74, 6) is -1.53. The number of nitrogens with one attached hydrogen (secondary N) is 1. The van der Waals surface area contributed by atoms with Gasteiger partial charge < -0.3 is 14.8 Å². The summed E-state index contributed by atoms with van der Waals surface area (Å²) in [5, 5.41) is 2.94. The molecule has 1 rings (SSSR count).